The van der Waals surface area contributed by atoms with Crippen LogP contribution in [-0.4, -0.2) is 25.4 Å². The number of nitrogen functional groups attached to an aromatic ring is 1. The predicted octanol–water partition coefficient (Wildman–Crippen LogP) is 7.21. The number of imidazole rings is 1. The zero-order valence-corrected chi connectivity index (χ0v) is 20.7. The summed E-state index contributed by atoms with van der Waals surface area (Å²) >= 11 is 0. The van der Waals surface area contributed by atoms with Gasteiger partial charge in [0.15, 0.2) is 5.65 Å². The maximum Gasteiger partial charge on any atom is 0.418 e. The van der Waals surface area contributed by atoms with Crippen molar-refractivity contribution < 1.29 is 17.6 Å². The Kier molecular flexibility index (Phi) is 6.20. The first-order valence-corrected chi connectivity index (χ1v) is 13.1. The van der Waals surface area contributed by atoms with Gasteiger partial charge < -0.3 is 11.1 Å². The van der Waals surface area contributed by atoms with Crippen molar-refractivity contribution in [3.05, 3.63) is 59.7 Å². The Labute approximate surface area is 217 Å². The number of aromatic nitrogens is 4. The van der Waals surface area contributed by atoms with E-state index >= 15 is 0 Å². The van der Waals surface area contributed by atoms with E-state index in [9.17, 15) is 17.6 Å². The van der Waals surface area contributed by atoms with Crippen molar-refractivity contribution in [1.82, 2.24) is 19.4 Å². The molecule has 4 aromatic rings. The lowest BCUT2D eigenvalue weighted by Crippen LogP contribution is -2.18. The highest BCUT2D eigenvalue weighted by molar-refractivity contribution is 5.85. The average molecular weight is 525 g/mol. The Balaban J connectivity index is 1.65. The lowest BCUT2D eigenvalue weighted by molar-refractivity contribution is -0.138. The molecule has 10 heteroatoms. The van der Waals surface area contributed by atoms with E-state index < -0.39 is 17.6 Å². The van der Waals surface area contributed by atoms with E-state index in [1.54, 1.807) is 28.8 Å². The molecule has 3 N–H and O–H groups in total. The van der Waals surface area contributed by atoms with Gasteiger partial charge in [0.05, 0.1) is 28.3 Å². The molecule has 1 aromatic carbocycles. The van der Waals surface area contributed by atoms with Crippen molar-refractivity contribution in [2.75, 3.05) is 11.1 Å². The number of nitrogens with two attached hydrogens (primary N) is 1. The zero-order chi connectivity index (χ0) is 26.4. The van der Waals surface area contributed by atoms with E-state index in [1.165, 1.54) is 12.1 Å². The predicted molar refractivity (Wildman–Crippen MR) is 138 cm³/mol. The monoisotopic (exact) mass is 524 g/mol. The minimum Gasteiger partial charge on any atom is -0.396 e. The first-order valence-electron chi connectivity index (χ1n) is 13.1. The summed E-state index contributed by atoms with van der Waals surface area (Å²) in [6, 6.07) is 8.67. The Hall–Kier alpha value is -3.69. The van der Waals surface area contributed by atoms with Crippen molar-refractivity contribution in [3.63, 3.8) is 0 Å². The minimum atomic E-state index is -4.60. The van der Waals surface area contributed by atoms with Crippen LogP contribution in [0.4, 0.5) is 29.2 Å². The third-order valence-corrected chi connectivity index (χ3v) is 7.70. The normalized spacial score (nSPS) is 17.1. The number of hydrogen-bond donors (Lipinski definition) is 2. The molecule has 6 nitrogen and oxygen atoms in total. The number of halogens is 4. The van der Waals surface area contributed by atoms with Crippen molar-refractivity contribution in [2.24, 2.45) is 0 Å². The third-order valence-electron chi connectivity index (χ3n) is 7.70. The van der Waals surface area contributed by atoms with E-state index in [0.29, 0.717) is 41.4 Å². The number of nitrogens with zero attached hydrogens (tertiary/aromatic N) is 4. The fourth-order valence-corrected chi connectivity index (χ4v) is 5.95. The van der Waals surface area contributed by atoms with Crippen LogP contribution in [0, 0.1) is 5.82 Å². The van der Waals surface area contributed by atoms with Gasteiger partial charge in [-0.3, -0.25) is 4.40 Å². The highest BCUT2D eigenvalue weighted by Gasteiger charge is 2.39. The van der Waals surface area contributed by atoms with Crippen LogP contribution in [0.15, 0.2) is 42.6 Å². The summed E-state index contributed by atoms with van der Waals surface area (Å²) in [5.74, 6) is -0.312. The molecule has 38 heavy (non-hydrogen) atoms. The van der Waals surface area contributed by atoms with Gasteiger partial charge in [-0.15, -0.1) is 0 Å². The summed E-state index contributed by atoms with van der Waals surface area (Å²) in [4.78, 5) is 13.9. The summed E-state index contributed by atoms with van der Waals surface area (Å²) in [6.45, 7) is 0. The van der Waals surface area contributed by atoms with Gasteiger partial charge in [-0.25, -0.2) is 19.3 Å². The van der Waals surface area contributed by atoms with Crippen molar-refractivity contribution in [3.8, 4) is 22.6 Å². The maximum absolute atomic E-state index is 14.4. The van der Waals surface area contributed by atoms with Crippen LogP contribution in [-0.2, 0) is 6.18 Å². The Morgan fingerprint density at radius 3 is 2.29 bits per heavy atom. The minimum absolute atomic E-state index is 0.0768. The van der Waals surface area contributed by atoms with Gasteiger partial charge in [-0.2, -0.15) is 13.2 Å². The molecule has 0 bridgehead atoms. The van der Waals surface area contributed by atoms with Gasteiger partial charge in [-0.1, -0.05) is 25.7 Å². The zero-order valence-electron chi connectivity index (χ0n) is 20.7. The molecule has 2 saturated carbocycles. The van der Waals surface area contributed by atoms with Gasteiger partial charge in [0, 0.05) is 29.4 Å². The fourth-order valence-electron chi connectivity index (χ4n) is 5.95. The van der Waals surface area contributed by atoms with E-state index in [1.807, 2.05) is 0 Å². The molecule has 3 aromatic heterocycles. The van der Waals surface area contributed by atoms with Crippen LogP contribution in [0.25, 0.3) is 28.3 Å². The van der Waals surface area contributed by atoms with Crippen LogP contribution in [0.1, 0.15) is 68.5 Å². The lowest BCUT2D eigenvalue weighted by Gasteiger charge is -2.22. The topological polar surface area (TPSA) is 81.1 Å². The number of benzene rings is 1. The van der Waals surface area contributed by atoms with Gasteiger partial charge in [0.2, 0.25) is 5.95 Å². The quantitative estimate of drug-likeness (QED) is 0.270. The molecule has 0 atom stereocenters. The van der Waals surface area contributed by atoms with Crippen molar-refractivity contribution in [2.45, 2.75) is 69.5 Å². The molecule has 0 saturated heterocycles. The van der Waals surface area contributed by atoms with E-state index in [4.69, 9.17) is 15.7 Å². The maximum atomic E-state index is 14.4. The van der Waals surface area contributed by atoms with E-state index in [2.05, 4.69) is 10.3 Å². The second-order valence-corrected chi connectivity index (χ2v) is 10.2. The fraction of sp³-hybridized carbons (Fsp3) is 0.393. The third kappa shape index (κ3) is 4.46. The highest BCUT2D eigenvalue weighted by Crippen LogP contribution is 2.46. The van der Waals surface area contributed by atoms with Crippen LogP contribution < -0.4 is 11.1 Å². The molecule has 0 unspecified atom stereocenters. The second-order valence-electron chi connectivity index (χ2n) is 10.2. The SMILES string of the molecule is Nc1cc(C(F)(F)F)c(C2CCCC2)n2c(-c3ccnc(NC4CCCC4)n3)c(-c3ccc(F)cc3)nc12. The van der Waals surface area contributed by atoms with E-state index in [0.717, 1.165) is 44.6 Å². The molecule has 2 fully saturated rings. The van der Waals surface area contributed by atoms with Crippen molar-refractivity contribution >= 4 is 17.3 Å². The van der Waals surface area contributed by atoms with Crippen LogP contribution in [0.2, 0.25) is 0 Å². The summed E-state index contributed by atoms with van der Waals surface area (Å²) in [5, 5.41) is 3.37. The van der Waals surface area contributed by atoms with Crippen LogP contribution >= 0.6 is 0 Å². The number of alkyl halides is 3. The molecule has 2 aliphatic rings. The van der Waals surface area contributed by atoms with Crippen LogP contribution in [0.5, 0.6) is 0 Å². The van der Waals surface area contributed by atoms with Gasteiger partial charge in [0.25, 0.3) is 0 Å². The highest BCUT2D eigenvalue weighted by atomic mass is 19.4. The number of fused-ring (bicyclic) bond motifs is 1. The molecule has 0 spiro atoms. The van der Waals surface area contributed by atoms with Gasteiger partial charge in [0.1, 0.15) is 5.82 Å². The molecule has 0 amide bonds. The first-order chi connectivity index (χ1) is 18.3. The number of anilines is 2. The smallest absolute Gasteiger partial charge is 0.396 e. The lowest BCUT2D eigenvalue weighted by atomic mass is 9.96. The molecular formula is C28H28F4N6. The summed E-state index contributed by atoms with van der Waals surface area (Å²) in [7, 11) is 0. The Bertz CT molecular complexity index is 1470. The molecule has 198 valence electrons. The van der Waals surface area contributed by atoms with Gasteiger partial charge >= 0.3 is 6.18 Å². The summed E-state index contributed by atoms with van der Waals surface area (Å²) in [5.41, 5.74) is 7.55. The second kappa shape index (κ2) is 9.56. The van der Waals surface area contributed by atoms with Crippen molar-refractivity contribution in [1.29, 1.82) is 0 Å². The molecular weight excluding hydrogens is 496 g/mol. The largest absolute Gasteiger partial charge is 0.418 e. The summed E-state index contributed by atoms with van der Waals surface area (Å²) < 4.78 is 58.7. The molecule has 0 radical (unpaired) electrons. The molecule has 2 aliphatic carbocycles. The average Bonchev–Trinajstić information content (AvgIpc) is 3.66. The Morgan fingerprint density at radius 2 is 1.61 bits per heavy atom. The van der Waals surface area contributed by atoms with Crippen LogP contribution in [0.3, 0.4) is 0 Å². The Morgan fingerprint density at radius 1 is 0.921 bits per heavy atom. The standard InChI is InChI=1S/C28H28F4N6/c29-18-11-9-16(10-12-18)23-25(22-13-14-34-27(36-22)35-19-7-3-4-8-19)38-24(17-5-1-2-6-17)20(28(30,31)32)15-21(33)26(38)37-23/h9-15,17,19H,1-8,33H2,(H,34,35,36). The van der Waals surface area contributed by atoms with Gasteiger partial charge in [-0.05, 0) is 62.1 Å². The number of rotatable bonds is 5. The summed E-state index contributed by atoms with van der Waals surface area (Å²) in [6.07, 6.45) is 4.28. The number of nitrogens with one attached hydrogen (secondary N) is 1. The number of hydrogen-bond acceptors (Lipinski definition) is 5. The first kappa shape index (κ1) is 24.6. The van der Waals surface area contributed by atoms with E-state index in [-0.39, 0.29) is 29.0 Å². The molecule has 3 heterocycles. The molecule has 6 rings (SSSR count). The molecule has 0 aliphatic heterocycles. The number of pyridine rings is 1.